The van der Waals surface area contributed by atoms with Gasteiger partial charge in [-0.2, -0.15) is 5.10 Å². The second-order valence-corrected chi connectivity index (χ2v) is 6.24. The number of methoxy groups -OCH3 is 2. The molecule has 1 aromatic carbocycles. The number of nitrogens with zero attached hydrogens (tertiary/aromatic N) is 4. The molecule has 0 aliphatic heterocycles. The molecule has 6 nitrogen and oxygen atoms in total. The zero-order chi connectivity index (χ0) is 18.5. The molecule has 134 valence electrons. The van der Waals surface area contributed by atoms with Crippen molar-refractivity contribution in [3.8, 4) is 22.8 Å². The SMILES string of the molecule is CN=c1scc(-c2ccc(OC)cc2OC)n1/N=C(\C)c1ccccn1. The molecule has 0 radical (unpaired) electrons. The summed E-state index contributed by atoms with van der Waals surface area (Å²) >= 11 is 1.52. The lowest BCUT2D eigenvalue weighted by Gasteiger charge is -2.11. The minimum atomic E-state index is 0.712. The molecule has 7 heteroatoms. The van der Waals surface area contributed by atoms with E-state index in [0.29, 0.717) is 5.75 Å². The van der Waals surface area contributed by atoms with E-state index in [1.165, 1.54) is 11.3 Å². The Morgan fingerprint density at radius 2 is 2.00 bits per heavy atom. The van der Waals surface area contributed by atoms with Gasteiger partial charge in [0.05, 0.1) is 31.3 Å². The fourth-order valence-electron chi connectivity index (χ4n) is 2.52. The van der Waals surface area contributed by atoms with E-state index in [-0.39, 0.29) is 0 Å². The molecule has 0 amide bonds. The van der Waals surface area contributed by atoms with Crippen LogP contribution in [0.15, 0.2) is 58.1 Å². The van der Waals surface area contributed by atoms with Crippen molar-refractivity contribution in [1.29, 1.82) is 0 Å². The molecule has 0 atom stereocenters. The van der Waals surface area contributed by atoms with Gasteiger partial charge in [0.15, 0.2) is 0 Å². The van der Waals surface area contributed by atoms with Gasteiger partial charge in [-0.15, -0.1) is 11.3 Å². The van der Waals surface area contributed by atoms with Crippen molar-refractivity contribution < 1.29 is 9.47 Å². The first kappa shape index (κ1) is 17.9. The molecule has 0 fully saturated rings. The van der Waals surface area contributed by atoms with E-state index in [1.807, 2.05) is 53.4 Å². The fraction of sp³-hybridized carbons (Fsp3) is 0.211. The molecule has 0 N–H and O–H groups in total. The Morgan fingerprint density at radius 3 is 2.65 bits per heavy atom. The maximum Gasteiger partial charge on any atom is 0.205 e. The Balaban J connectivity index is 2.16. The van der Waals surface area contributed by atoms with Crippen molar-refractivity contribution >= 4 is 17.0 Å². The summed E-state index contributed by atoms with van der Waals surface area (Å²) in [5, 5.41) is 6.77. The maximum absolute atomic E-state index is 5.55. The number of rotatable bonds is 5. The number of hydrogen-bond donors (Lipinski definition) is 0. The van der Waals surface area contributed by atoms with Gasteiger partial charge in [-0.05, 0) is 31.2 Å². The fourth-order valence-corrected chi connectivity index (χ4v) is 3.31. The summed E-state index contributed by atoms with van der Waals surface area (Å²) < 4.78 is 12.7. The third kappa shape index (κ3) is 3.52. The van der Waals surface area contributed by atoms with Crippen molar-refractivity contribution in [1.82, 2.24) is 9.66 Å². The van der Waals surface area contributed by atoms with Gasteiger partial charge in [0.25, 0.3) is 0 Å². The summed E-state index contributed by atoms with van der Waals surface area (Å²) in [7, 11) is 5.03. The van der Waals surface area contributed by atoms with Crippen molar-refractivity contribution in [3.05, 3.63) is 58.5 Å². The number of aromatic nitrogens is 2. The summed E-state index contributed by atoms with van der Waals surface area (Å²) in [6.07, 6.45) is 1.76. The Bertz CT molecular complexity index is 990. The molecule has 0 aliphatic rings. The summed E-state index contributed by atoms with van der Waals surface area (Å²) in [5.74, 6) is 1.45. The highest BCUT2D eigenvalue weighted by molar-refractivity contribution is 7.07. The Labute approximate surface area is 156 Å². The van der Waals surface area contributed by atoms with Crippen LogP contribution < -0.4 is 14.3 Å². The third-order valence-electron chi connectivity index (χ3n) is 3.85. The van der Waals surface area contributed by atoms with Gasteiger partial charge in [0.2, 0.25) is 4.80 Å². The third-order valence-corrected chi connectivity index (χ3v) is 4.75. The van der Waals surface area contributed by atoms with Crippen LogP contribution in [0.25, 0.3) is 11.3 Å². The first-order chi connectivity index (χ1) is 12.7. The van der Waals surface area contributed by atoms with Gasteiger partial charge in [-0.25, -0.2) is 4.68 Å². The van der Waals surface area contributed by atoms with Crippen LogP contribution in [0.5, 0.6) is 11.5 Å². The molecule has 26 heavy (non-hydrogen) atoms. The summed E-state index contributed by atoms with van der Waals surface area (Å²) in [5.41, 5.74) is 3.43. The average Bonchev–Trinajstić information content (AvgIpc) is 3.10. The topological polar surface area (TPSA) is 61.0 Å². The zero-order valence-electron chi connectivity index (χ0n) is 15.1. The molecule has 0 bridgehead atoms. The van der Waals surface area contributed by atoms with Crippen LogP contribution in [-0.4, -0.2) is 36.6 Å². The first-order valence-corrected chi connectivity index (χ1v) is 8.88. The van der Waals surface area contributed by atoms with E-state index in [9.17, 15) is 0 Å². The van der Waals surface area contributed by atoms with Gasteiger partial charge < -0.3 is 9.47 Å². The van der Waals surface area contributed by atoms with Crippen LogP contribution in [-0.2, 0) is 0 Å². The van der Waals surface area contributed by atoms with Crippen molar-refractivity contribution in [2.45, 2.75) is 6.92 Å². The summed E-state index contributed by atoms with van der Waals surface area (Å²) in [4.78, 5) is 9.49. The number of hydrogen-bond acceptors (Lipinski definition) is 6. The smallest absolute Gasteiger partial charge is 0.205 e. The molecule has 0 unspecified atom stereocenters. The van der Waals surface area contributed by atoms with Crippen LogP contribution in [0, 0.1) is 0 Å². The summed E-state index contributed by atoms with van der Waals surface area (Å²) in [6.45, 7) is 1.93. The summed E-state index contributed by atoms with van der Waals surface area (Å²) in [6, 6.07) is 11.5. The molecule has 2 heterocycles. The Kier molecular flexibility index (Phi) is 5.48. The highest BCUT2D eigenvalue weighted by Gasteiger charge is 2.14. The minimum Gasteiger partial charge on any atom is -0.497 e. The molecule has 0 saturated carbocycles. The molecule has 0 aliphatic carbocycles. The van der Waals surface area contributed by atoms with Gasteiger partial charge in [-0.3, -0.25) is 9.98 Å². The Hall–Kier alpha value is -2.93. The van der Waals surface area contributed by atoms with Gasteiger partial charge in [-0.1, -0.05) is 6.07 Å². The molecule has 3 aromatic rings. The van der Waals surface area contributed by atoms with E-state index in [2.05, 4.69) is 9.98 Å². The molecule has 0 saturated heterocycles. The molecular formula is C19H20N4O2S. The van der Waals surface area contributed by atoms with Crippen LogP contribution in [0.1, 0.15) is 12.6 Å². The molecular weight excluding hydrogens is 348 g/mol. The zero-order valence-corrected chi connectivity index (χ0v) is 15.9. The first-order valence-electron chi connectivity index (χ1n) is 8.00. The second kappa shape index (κ2) is 7.97. The highest BCUT2D eigenvalue weighted by atomic mass is 32.1. The predicted octanol–water partition coefficient (Wildman–Crippen LogP) is 3.43. The van der Waals surface area contributed by atoms with E-state index < -0.39 is 0 Å². The highest BCUT2D eigenvalue weighted by Crippen LogP contribution is 2.33. The van der Waals surface area contributed by atoms with Gasteiger partial charge in [0.1, 0.15) is 11.5 Å². The van der Waals surface area contributed by atoms with Crippen LogP contribution >= 0.6 is 11.3 Å². The largest absolute Gasteiger partial charge is 0.497 e. The lowest BCUT2D eigenvalue weighted by Crippen LogP contribution is -2.14. The second-order valence-electron chi connectivity index (χ2n) is 5.41. The molecule has 3 rings (SSSR count). The van der Waals surface area contributed by atoms with E-state index in [4.69, 9.17) is 14.6 Å². The average molecular weight is 368 g/mol. The van der Waals surface area contributed by atoms with Crippen LogP contribution in [0.3, 0.4) is 0 Å². The monoisotopic (exact) mass is 368 g/mol. The van der Waals surface area contributed by atoms with E-state index in [1.54, 1.807) is 27.5 Å². The standard InChI is InChI=1S/C19H20N4O2S/c1-13(16-7-5-6-10-21-16)22-23-17(12-26-19(23)20-2)15-9-8-14(24-3)11-18(15)25-4/h5-12H,1-4H3/b20-19?,22-13+. The van der Waals surface area contributed by atoms with E-state index >= 15 is 0 Å². The number of benzene rings is 1. The number of thiazole rings is 1. The van der Waals surface area contributed by atoms with Crippen molar-refractivity contribution in [2.75, 3.05) is 21.3 Å². The van der Waals surface area contributed by atoms with Crippen LogP contribution in [0.2, 0.25) is 0 Å². The number of ether oxygens (including phenoxy) is 2. The Morgan fingerprint density at radius 1 is 1.15 bits per heavy atom. The normalized spacial score (nSPS) is 12.3. The van der Waals surface area contributed by atoms with E-state index in [0.717, 1.165) is 33.2 Å². The lowest BCUT2D eigenvalue weighted by atomic mass is 10.1. The number of pyridine rings is 1. The quantitative estimate of drug-likeness (QED) is 0.648. The van der Waals surface area contributed by atoms with Crippen LogP contribution in [0.4, 0.5) is 0 Å². The van der Waals surface area contributed by atoms with Gasteiger partial charge in [0, 0.05) is 30.3 Å². The molecule has 0 spiro atoms. The lowest BCUT2D eigenvalue weighted by molar-refractivity contribution is 0.395. The van der Waals surface area contributed by atoms with Gasteiger partial charge >= 0.3 is 0 Å². The van der Waals surface area contributed by atoms with Crippen molar-refractivity contribution in [2.24, 2.45) is 10.1 Å². The molecule has 2 aromatic heterocycles. The maximum atomic E-state index is 5.55. The predicted molar refractivity (Wildman–Crippen MR) is 104 cm³/mol. The minimum absolute atomic E-state index is 0.712. The van der Waals surface area contributed by atoms with Crippen molar-refractivity contribution in [3.63, 3.8) is 0 Å².